The van der Waals surface area contributed by atoms with E-state index in [9.17, 15) is 20.4 Å². The molecule has 0 radical (unpaired) electrons. The van der Waals surface area contributed by atoms with Crippen LogP contribution >= 0.6 is 0 Å². The number of halogens is 3. The maximum absolute atomic E-state index is 11.1. The third-order valence-electron chi connectivity index (χ3n) is 13.2. The number of H-pyrrole nitrogens is 2. The molecule has 6 aromatic heterocycles. The quantitative estimate of drug-likeness (QED) is 0.0760. The number of hydrogen-bond donors (Lipinski definition) is 6. The predicted octanol–water partition coefficient (Wildman–Crippen LogP) is -0.880. The average molecular weight is 1310 g/mol. The first-order valence-corrected chi connectivity index (χ1v) is 23.6. The summed E-state index contributed by atoms with van der Waals surface area (Å²) in [6, 6.07) is 29.5. The Morgan fingerprint density at radius 1 is 0.500 bits per heavy atom. The molecule has 6 N–H and O–H groups in total. The number of pyridine rings is 3. The number of benzene rings is 1. The Morgan fingerprint density at radius 2 is 0.875 bits per heavy atom. The molecule has 0 spiro atoms. The second-order valence-corrected chi connectivity index (χ2v) is 18.7. The highest BCUT2D eigenvalue weighted by atomic mass is 127. The molecule has 16 heteroatoms. The molecule has 10 rings (SSSR count). The number of fused-ring (bicyclic) bond motifs is 8. The first-order valence-electron chi connectivity index (χ1n) is 23.6. The molecule has 3 aliphatic heterocycles. The molecular weight excluding hydrogens is 1250 g/mol. The fourth-order valence-corrected chi connectivity index (χ4v) is 9.31. The summed E-state index contributed by atoms with van der Waals surface area (Å²) in [5.74, 6) is 0.308. The Kier molecular flexibility index (Phi) is 17.6. The molecule has 9 heterocycles. The number of nitrogens with zero attached hydrogens (tertiary/aromatic N) is 5. The molecule has 5 atom stereocenters. The number of aromatic nitrogens is 7. The maximum atomic E-state index is 11.1. The van der Waals surface area contributed by atoms with E-state index < -0.39 is 37.3 Å². The minimum atomic E-state index is -1.62. The zero-order chi connectivity index (χ0) is 48.1. The molecule has 7 aromatic rings. The van der Waals surface area contributed by atoms with Crippen molar-refractivity contribution in [2.75, 3.05) is 6.61 Å². The molecule has 13 nitrogen and oxygen atoms in total. The molecule has 1 saturated heterocycles. The predicted molar refractivity (Wildman–Crippen MR) is 267 cm³/mol. The molecule has 72 heavy (non-hydrogen) atoms. The molecule has 8 bridgehead atoms. The molecule has 374 valence electrons. The van der Waals surface area contributed by atoms with Crippen molar-refractivity contribution in [3.8, 4) is 50.3 Å². The molecule has 0 amide bonds. The van der Waals surface area contributed by atoms with Crippen molar-refractivity contribution in [1.82, 2.24) is 19.9 Å². The molecule has 0 saturated carbocycles. The zero-order valence-corrected chi connectivity index (χ0v) is 47.1. The number of aliphatic hydroxyl groups is 4. The average Bonchev–Trinajstić information content (AvgIpc) is 4.21. The normalized spacial score (nSPS) is 18.2. The second-order valence-electron chi connectivity index (χ2n) is 18.7. The van der Waals surface area contributed by atoms with Gasteiger partial charge in [-0.2, -0.15) is 0 Å². The van der Waals surface area contributed by atoms with E-state index in [0.29, 0.717) is 34.3 Å². The van der Waals surface area contributed by atoms with Gasteiger partial charge in [0.2, 0.25) is 6.29 Å². The van der Waals surface area contributed by atoms with Gasteiger partial charge in [0.15, 0.2) is 55.3 Å². The highest BCUT2D eigenvalue weighted by Gasteiger charge is 2.45. The molecule has 1 aromatic carbocycles. The van der Waals surface area contributed by atoms with Crippen LogP contribution in [0.4, 0.5) is 0 Å². The minimum Gasteiger partial charge on any atom is -1.00 e. The molecule has 3 aliphatic rings. The van der Waals surface area contributed by atoms with Crippen LogP contribution in [0.15, 0.2) is 122 Å². The van der Waals surface area contributed by atoms with Gasteiger partial charge in [-0.1, -0.05) is 18.2 Å². The Bertz CT molecular complexity index is 3130. The summed E-state index contributed by atoms with van der Waals surface area (Å²) in [5, 5.41) is 42.4. The van der Waals surface area contributed by atoms with Crippen LogP contribution in [0.2, 0.25) is 0 Å². The largest absolute Gasteiger partial charge is 1.00 e. The first-order chi connectivity index (χ1) is 33.4. The van der Waals surface area contributed by atoms with Gasteiger partial charge in [-0.25, -0.2) is 23.7 Å². The Hall–Kier alpha value is -4.94. The van der Waals surface area contributed by atoms with Gasteiger partial charge in [-0.3, -0.25) is 0 Å². The number of aromatic amines is 2. The zero-order valence-electron chi connectivity index (χ0n) is 40.7. The van der Waals surface area contributed by atoms with Gasteiger partial charge >= 0.3 is 0 Å². The van der Waals surface area contributed by atoms with Gasteiger partial charge in [0.25, 0.3) is 0 Å². The minimum absolute atomic E-state index is 0. The van der Waals surface area contributed by atoms with Crippen molar-refractivity contribution in [1.29, 1.82) is 0 Å². The van der Waals surface area contributed by atoms with E-state index in [0.717, 1.165) is 66.8 Å². The topological polar surface area (TPSA) is 168 Å². The van der Waals surface area contributed by atoms with E-state index in [2.05, 4.69) is 163 Å². The van der Waals surface area contributed by atoms with Crippen molar-refractivity contribution in [2.45, 2.75) is 90.4 Å². The maximum Gasteiger partial charge on any atom is 0.229 e. The number of para-hydroxylation sites is 1. The molecule has 1 fully saturated rings. The van der Waals surface area contributed by atoms with Gasteiger partial charge < -0.3 is 112 Å². The van der Waals surface area contributed by atoms with Gasteiger partial charge in [-0.05, 0) is 113 Å². The third kappa shape index (κ3) is 10.7. The van der Waals surface area contributed by atoms with Crippen LogP contribution in [0.25, 0.3) is 90.9 Å². The van der Waals surface area contributed by atoms with E-state index in [1.54, 1.807) is 12.1 Å². The summed E-state index contributed by atoms with van der Waals surface area (Å²) < 4.78 is 18.8. The van der Waals surface area contributed by atoms with E-state index in [1.807, 2.05) is 36.4 Å². The lowest BCUT2D eigenvalue weighted by Gasteiger charge is -2.39. The number of aliphatic hydroxyl groups excluding tert-OH is 4. The lowest BCUT2D eigenvalue weighted by atomic mass is 9.99. The first kappa shape index (κ1) is 54.8. The Labute approximate surface area is 470 Å². The standard InChI is InChI=1S/C56H57N7O6.3HI/c1-32(2)61-25-19-35(20-26-61)49-39-11-13-41(57-39)50(36-21-27-62(28-22-36)33(3)4)43-15-17-45(59-43)52(38-9-7-8-10-47(38)68-56-55(67)54(66)53(65)48(31-64)69-56)46-18-16-44(60-46)51(42-14-12-40(49)58-42)37-23-29-63(30-24-37)34(5)6;;;/h7-30,32-34,48,53-56,64-67H,31H2,1-6H3,(H,57,58,59,60);3*1H/q+2;;;/p-2/t48-,53-,54+,55-,56-;;;/m1.../s1. The summed E-state index contributed by atoms with van der Waals surface area (Å²) in [4.78, 5) is 18.6. The Morgan fingerprint density at radius 3 is 1.28 bits per heavy atom. The fourth-order valence-electron chi connectivity index (χ4n) is 9.31. The Balaban J connectivity index is 0.00000253. The lowest BCUT2D eigenvalue weighted by molar-refractivity contribution is -0.716. The summed E-state index contributed by atoms with van der Waals surface area (Å²) in [7, 11) is 0. The van der Waals surface area contributed by atoms with Crippen LogP contribution in [-0.2, 0) is 4.74 Å². The number of hydrogen-bond acceptors (Lipinski definition) is 8. The van der Waals surface area contributed by atoms with Crippen LogP contribution in [0.1, 0.15) is 82.4 Å². The van der Waals surface area contributed by atoms with E-state index in [-0.39, 0.29) is 84.0 Å². The van der Waals surface area contributed by atoms with Gasteiger partial charge in [0.05, 0.1) is 29.4 Å². The smallest absolute Gasteiger partial charge is 0.229 e. The van der Waals surface area contributed by atoms with Crippen molar-refractivity contribution < 1.29 is 116 Å². The van der Waals surface area contributed by atoms with Crippen LogP contribution in [0, 0.1) is 0 Å². The molecular formula is C56H58I3N7O6. The van der Waals surface area contributed by atoms with Crippen molar-refractivity contribution in [3.05, 3.63) is 145 Å². The number of rotatable bonds is 10. The van der Waals surface area contributed by atoms with E-state index in [4.69, 9.17) is 19.4 Å². The van der Waals surface area contributed by atoms with Crippen LogP contribution in [-0.4, -0.2) is 77.7 Å². The number of ether oxygens (including phenoxy) is 2. The number of nitrogens with one attached hydrogen (secondary N) is 2. The van der Waals surface area contributed by atoms with Crippen LogP contribution < -0.4 is 90.4 Å². The monoisotopic (exact) mass is 1310 g/mol. The summed E-state index contributed by atoms with van der Waals surface area (Å²) in [6.07, 6.45) is 13.3. The molecule has 0 aliphatic carbocycles. The van der Waals surface area contributed by atoms with Crippen LogP contribution in [0.5, 0.6) is 5.75 Å². The molecule has 0 unspecified atom stereocenters. The fraction of sp³-hybridized carbons (Fsp3) is 0.268. The lowest BCUT2D eigenvalue weighted by Crippen LogP contribution is -3.00. The van der Waals surface area contributed by atoms with Gasteiger partial charge in [0, 0.05) is 86.3 Å². The van der Waals surface area contributed by atoms with E-state index in [1.165, 1.54) is 0 Å². The van der Waals surface area contributed by atoms with Crippen molar-refractivity contribution >= 4 is 46.4 Å². The highest BCUT2D eigenvalue weighted by molar-refractivity contribution is 6.00. The summed E-state index contributed by atoms with van der Waals surface area (Å²) in [5.41, 5.74) is 13.3. The van der Waals surface area contributed by atoms with Gasteiger partial charge in [-0.15, -0.1) is 0 Å². The van der Waals surface area contributed by atoms with Crippen molar-refractivity contribution in [2.24, 2.45) is 0 Å². The van der Waals surface area contributed by atoms with Gasteiger partial charge in [0.1, 0.15) is 30.2 Å². The van der Waals surface area contributed by atoms with Crippen molar-refractivity contribution in [3.63, 3.8) is 0 Å². The second kappa shape index (κ2) is 23.1. The SMILES string of the molecule is CC(C)[n+]1ccc(-c2c3nc(c(-c4ccccc4O[C@@H]4O[C@H](CO)[C@@H](O)[C@H](O)[C@H]4O)c4nc(c(-c5cc[n+](C(C)C)cc5)c5ccc([nH]5)c(-c5cc[n+](C(C)C)cc5)c5ccc2[nH]5)C=C4)C=C3)cc1.[I-].[I-].[I-]. The van der Waals surface area contributed by atoms with Crippen LogP contribution in [0.3, 0.4) is 0 Å². The summed E-state index contributed by atoms with van der Waals surface area (Å²) in [6.45, 7) is 12.4. The third-order valence-corrected chi connectivity index (χ3v) is 13.2. The van der Waals surface area contributed by atoms with E-state index >= 15 is 0 Å². The highest BCUT2D eigenvalue weighted by Crippen LogP contribution is 2.41. The summed E-state index contributed by atoms with van der Waals surface area (Å²) >= 11 is 0.